The molecule has 0 aliphatic rings. The molecule has 0 radical (unpaired) electrons. The summed E-state index contributed by atoms with van der Waals surface area (Å²) >= 11 is 0. The highest BCUT2D eigenvalue weighted by atomic mass is 16.3. The molecule has 0 aliphatic carbocycles. The number of nitrogens with one attached hydrogen (secondary N) is 1. The van der Waals surface area contributed by atoms with Gasteiger partial charge >= 0.3 is 0 Å². The maximum Gasteiger partial charge on any atom is 0.0558 e. The van der Waals surface area contributed by atoms with E-state index in [-0.39, 0.29) is 6.61 Å². The molecule has 0 unspecified atom stereocenters. The van der Waals surface area contributed by atoms with Crippen molar-refractivity contribution >= 4 is 0 Å². The minimum atomic E-state index is 0.263. The van der Waals surface area contributed by atoms with Gasteiger partial charge in [-0.15, -0.1) is 0 Å². The maximum atomic E-state index is 8.83. The molecule has 0 aromatic heterocycles. The molecule has 0 heterocycles. The molecule has 0 aliphatic heterocycles. The molecule has 2 N–H and O–H groups in total. The van der Waals surface area contributed by atoms with E-state index in [2.05, 4.69) is 31.0 Å². The van der Waals surface area contributed by atoms with E-state index in [4.69, 9.17) is 5.11 Å². The minimum Gasteiger partial charge on any atom is -0.395 e. The van der Waals surface area contributed by atoms with Crippen LogP contribution in [0.15, 0.2) is 0 Å². The second-order valence-electron chi connectivity index (χ2n) is 3.56. The molecule has 0 aromatic carbocycles. The van der Waals surface area contributed by atoms with Crippen LogP contribution in [0.3, 0.4) is 0 Å². The Balaban J connectivity index is 3.45. The van der Waals surface area contributed by atoms with Crippen molar-refractivity contribution in [3.05, 3.63) is 0 Å². The summed E-state index contributed by atoms with van der Waals surface area (Å²) in [5, 5.41) is 12.1. The van der Waals surface area contributed by atoms with E-state index in [0.29, 0.717) is 6.04 Å². The van der Waals surface area contributed by atoms with Gasteiger partial charge in [-0.2, -0.15) is 0 Å². The molecule has 0 saturated carbocycles. The van der Waals surface area contributed by atoms with Crippen molar-refractivity contribution in [2.75, 3.05) is 32.8 Å². The van der Waals surface area contributed by atoms with Crippen LogP contribution in [0.4, 0.5) is 0 Å². The molecule has 3 nitrogen and oxygen atoms in total. The Bertz CT molecular complexity index is 107. The standard InChI is InChI=1S/C10H24N2O/c1-4-11-6-5-7-12(8-9-13)10(2)3/h10-11,13H,4-9H2,1-3H3. The number of rotatable bonds is 8. The first kappa shape index (κ1) is 12.9. The van der Waals surface area contributed by atoms with Gasteiger partial charge in [0.1, 0.15) is 0 Å². The molecule has 0 amide bonds. The molecule has 0 rings (SSSR count). The van der Waals surface area contributed by atoms with E-state index in [0.717, 1.165) is 32.6 Å². The van der Waals surface area contributed by atoms with Gasteiger partial charge in [0, 0.05) is 12.6 Å². The summed E-state index contributed by atoms with van der Waals surface area (Å²) in [6.07, 6.45) is 1.16. The van der Waals surface area contributed by atoms with Crippen LogP contribution in [0, 0.1) is 0 Å². The molecule has 0 aromatic rings. The smallest absolute Gasteiger partial charge is 0.0558 e. The Kier molecular flexibility index (Phi) is 8.40. The fourth-order valence-electron chi connectivity index (χ4n) is 1.34. The number of hydrogen-bond acceptors (Lipinski definition) is 3. The van der Waals surface area contributed by atoms with Crippen molar-refractivity contribution < 1.29 is 5.11 Å². The Labute approximate surface area is 82.1 Å². The fourth-order valence-corrected chi connectivity index (χ4v) is 1.34. The Morgan fingerprint density at radius 1 is 1.31 bits per heavy atom. The van der Waals surface area contributed by atoms with Crippen molar-refractivity contribution in [1.29, 1.82) is 0 Å². The monoisotopic (exact) mass is 188 g/mol. The van der Waals surface area contributed by atoms with Crippen molar-refractivity contribution in [1.82, 2.24) is 10.2 Å². The highest BCUT2D eigenvalue weighted by Gasteiger charge is 2.06. The molecule has 13 heavy (non-hydrogen) atoms. The SMILES string of the molecule is CCNCCCN(CCO)C(C)C. The van der Waals surface area contributed by atoms with Crippen LogP contribution in [0.25, 0.3) is 0 Å². The summed E-state index contributed by atoms with van der Waals surface area (Å²) in [6, 6.07) is 0.536. The second-order valence-corrected chi connectivity index (χ2v) is 3.56. The van der Waals surface area contributed by atoms with Gasteiger partial charge in [-0.3, -0.25) is 4.90 Å². The normalized spacial score (nSPS) is 11.5. The van der Waals surface area contributed by atoms with E-state index in [1.54, 1.807) is 0 Å². The lowest BCUT2D eigenvalue weighted by Crippen LogP contribution is -2.35. The summed E-state index contributed by atoms with van der Waals surface area (Å²) in [5.74, 6) is 0. The highest BCUT2D eigenvalue weighted by molar-refractivity contribution is 4.62. The van der Waals surface area contributed by atoms with Crippen LogP contribution in [-0.4, -0.2) is 48.8 Å². The van der Waals surface area contributed by atoms with Gasteiger partial charge in [0.05, 0.1) is 6.61 Å². The van der Waals surface area contributed by atoms with Gasteiger partial charge in [-0.1, -0.05) is 6.92 Å². The molecule has 80 valence electrons. The molecular formula is C10H24N2O. The van der Waals surface area contributed by atoms with Crippen LogP contribution < -0.4 is 5.32 Å². The zero-order valence-electron chi connectivity index (χ0n) is 9.21. The topological polar surface area (TPSA) is 35.5 Å². The van der Waals surface area contributed by atoms with Crippen LogP contribution in [-0.2, 0) is 0 Å². The first-order valence-corrected chi connectivity index (χ1v) is 5.28. The lowest BCUT2D eigenvalue weighted by Gasteiger charge is -2.25. The average Bonchev–Trinajstić information content (AvgIpc) is 2.10. The summed E-state index contributed by atoms with van der Waals surface area (Å²) in [6.45, 7) is 10.7. The fraction of sp³-hybridized carbons (Fsp3) is 1.00. The van der Waals surface area contributed by atoms with Gasteiger partial charge in [-0.05, 0) is 39.9 Å². The van der Waals surface area contributed by atoms with Crippen LogP contribution in [0.5, 0.6) is 0 Å². The summed E-state index contributed by atoms with van der Waals surface area (Å²) in [4.78, 5) is 2.30. The van der Waals surface area contributed by atoms with Crippen LogP contribution in [0.1, 0.15) is 27.2 Å². The lowest BCUT2D eigenvalue weighted by atomic mass is 10.3. The van der Waals surface area contributed by atoms with E-state index >= 15 is 0 Å². The Hall–Kier alpha value is -0.120. The zero-order chi connectivity index (χ0) is 10.1. The molecule has 0 bridgehead atoms. The van der Waals surface area contributed by atoms with E-state index in [1.165, 1.54) is 0 Å². The number of aliphatic hydroxyl groups excluding tert-OH is 1. The minimum absolute atomic E-state index is 0.263. The Morgan fingerprint density at radius 3 is 2.46 bits per heavy atom. The summed E-state index contributed by atoms with van der Waals surface area (Å²) in [5.41, 5.74) is 0. The third-order valence-electron chi connectivity index (χ3n) is 2.17. The predicted octanol–water partition coefficient (Wildman–Crippen LogP) is 0.689. The second kappa shape index (κ2) is 8.48. The van der Waals surface area contributed by atoms with Gasteiger partial charge in [0.25, 0.3) is 0 Å². The predicted molar refractivity (Wildman–Crippen MR) is 57.0 cm³/mol. The van der Waals surface area contributed by atoms with Gasteiger partial charge < -0.3 is 10.4 Å². The van der Waals surface area contributed by atoms with E-state index < -0.39 is 0 Å². The Morgan fingerprint density at radius 2 is 2.00 bits per heavy atom. The molecule has 3 heteroatoms. The average molecular weight is 188 g/mol. The summed E-state index contributed by atoms with van der Waals surface area (Å²) < 4.78 is 0. The highest BCUT2D eigenvalue weighted by Crippen LogP contribution is 1.98. The third-order valence-corrected chi connectivity index (χ3v) is 2.17. The number of hydrogen-bond donors (Lipinski definition) is 2. The molecular weight excluding hydrogens is 164 g/mol. The molecule has 0 saturated heterocycles. The van der Waals surface area contributed by atoms with E-state index in [1.807, 2.05) is 0 Å². The number of nitrogens with zero attached hydrogens (tertiary/aromatic N) is 1. The molecule has 0 fully saturated rings. The zero-order valence-corrected chi connectivity index (χ0v) is 9.21. The first-order chi connectivity index (χ1) is 6.22. The first-order valence-electron chi connectivity index (χ1n) is 5.28. The van der Waals surface area contributed by atoms with Crippen molar-refractivity contribution in [3.63, 3.8) is 0 Å². The lowest BCUT2D eigenvalue weighted by molar-refractivity contribution is 0.164. The van der Waals surface area contributed by atoms with Crippen LogP contribution in [0.2, 0.25) is 0 Å². The molecule has 0 atom stereocenters. The third kappa shape index (κ3) is 6.99. The number of aliphatic hydroxyl groups is 1. The van der Waals surface area contributed by atoms with E-state index in [9.17, 15) is 0 Å². The van der Waals surface area contributed by atoms with Crippen molar-refractivity contribution in [2.24, 2.45) is 0 Å². The maximum absolute atomic E-state index is 8.83. The van der Waals surface area contributed by atoms with Crippen LogP contribution >= 0.6 is 0 Å². The van der Waals surface area contributed by atoms with Crippen molar-refractivity contribution in [3.8, 4) is 0 Å². The molecule has 0 spiro atoms. The quantitative estimate of drug-likeness (QED) is 0.550. The summed E-state index contributed by atoms with van der Waals surface area (Å²) in [7, 11) is 0. The van der Waals surface area contributed by atoms with Gasteiger partial charge in [0.2, 0.25) is 0 Å². The van der Waals surface area contributed by atoms with Gasteiger partial charge in [-0.25, -0.2) is 0 Å². The van der Waals surface area contributed by atoms with Gasteiger partial charge in [0.15, 0.2) is 0 Å². The van der Waals surface area contributed by atoms with Crippen molar-refractivity contribution in [2.45, 2.75) is 33.2 Å². The largest absolute Gasteiger partial charge is 0.395 e.